The van der Waals surface area contributed by atoms with Crippen LogP contribution in [0.1, 0.15) is 24.2 Å². The van der Waals surface area contributed by atoms with Crippen LogP contribution in [0.15, 0.2) is 59.5 Å². The molecular formula is C18H19NO4S. The van der Waals surface area contributed by atoms with E-state index in [-0.39, 0.29) is 5.56 Å². The Hall–Kier alpha value is -2.47. The van der Waals surface area contributed by atoms with Gasteiger partial charge < -0.3 is 10.1 Å². The van der Waals surface area contributed by atoms with Crippen molar-refractivity contribution in [2.45, 2.75) is 24.8 Å². The van der Waals surface area contributed by atoms with E-state index in [0.717, 1.165) is 0 Å². The Labute approximate surface area is 143 Å². The first-order valence-electron chi connectivity index (χ1n) is 7.57. The zero-order valence-electron chi connectivity index (χ0n) is 13.5. The highest BCUT2D eigenvalue weighted by molar-refractivity contribution is 7.85. The third-order valence-electron chi connectivity index (χ3n) is 3.31. The lowest BCUT2D eigenvalue weighted by atomic mass is 10.2. The normalized spacial score (nSPS) is 12.9. The van der Waals surface area contributed by atoms with E-state index in [1.54, 1.807) is 55.5 Å². The number of amides is 1. The summed E-state index contributed by atoms with van der Waals surface area (Å²) in [6.45, 7) is 3.27. The number of hydrogen-bond donors (Lipinski definition) is 1. The highest BCUT2D eigenvalue weighted by atomic mass is 32.2. The average molecular weight is 345 g/mol. The summed E-state index contributed by atoms with van der Waals surface area (Å²) in [7, 11) is -1.28. The van der Waals surface area contributed by atoms with Crippen molar-refractivity contribution in [3.63, 3.8) is 0 Å². The molecule has 0 heterocycles. The van der Waals surface area contributed by atoms with E-state index in [9.17, 15) is 13.8 Å². The molecule has 0 aromatic heterocycles. The molecule has 1 amide bonds. The van der Waals surface area contributed by atoms with Gasteiger partial charge in [0.2, 0.25) is 0 Å². The molecule has 0 aliphatic carbocycles. The van der Waals surface area contributed by atoms with Crippen molar-refractivity contribution >= 4 is 28.4 Å². The average Bonchev–Trinajstić information content (AvgIpc) is 2.61. The lowest BCUT2D eigenvalue weighted by molar-refractivity contribution is -0.123. The first kappa shape index (κ1) is 17.9. The quantitative estimate of drug-likeness (QED) is 0.817. The molecule has 0 unspecified atom stereocenters. The number of carbonyl (C=O) groups excluding carboxylic acids is 2. The van der Waals surface area contributed by atoms with Gasteiger partial charge >= 0.3 is 5.97 Å². The van der Waals surface area contributed by atoms with E-state index in [2.05, 4.69) is 5.32 Å². The fourth-order valence-corrected chi connectivity index (χ4v) is 2.97. The number of carbonyl (C=O) groups is 2. The van der Waals surface area contributed by atoms with Crippen LogP contribution in [0.25, 0.3) is 0 Å². The highest BCUT2D eigenvalue weighted by Crippen LogP contribution is 2.16. The van der Waals surface area contributed by atoms with Gasteiger partial charge in [-0.25, -0.2) is 4.79 Å². The third-order valence-corrected chi connectivity index (χ3v) is 4.68. The Morgan fingerprint density at radius 1 is 1.08 bits per heavy atom. The molecule has 0 bridgehead atoms. The smallest absolute Gasteiger partial charge is 0.340 e. The van der Waals surface area contributed by atoms with E-state index in [1.165, 1.54) is 6.92 Å². The van der Waals surface area contributed by atoms with Crippen molar-refractivity contribution in [2.24, 2.45) is 0 Å². The van der Waals surface area contributed by atoms with Crippen LogP contribution in [-0.4, -0.2) is 27.9 Å². The van der Waals surface area contributed by atoms with Crippen molar-refractivity contribution in [1.29, 1.82) is 0 Å². The zero-order chi connectivity index (χ0) is 17.5. The second-order valence-corrected chi connectivity index (χ2v) is 6.74. The van der Waals surface area contributed by atoms with Crippen molar-refractivity contribution in [2.75, 3.05) is 11.1 Å². The molecule has 24 heavy (non-hydrogen) atoms. The van der Waals surface area contributed by atoms with Gasteiger partial charge in [-0.3, -0.25) is 9.00 Å². The van der Waals surface area contributed by atoms with Gasteiger partial charge in [0, 0.05) is 11.4 Å². The van der Waals surface area contributed by atoms with Crippen molar-refractivity contribution < 1.29 is 18.5 Å². The lowest BCUT2D eigenvalue weighted by Crippen LogP contribution is -2.30. The van der Waals surface area contributed by atoms with Crippen LogP contribution in [0, 0.1) is 0 Å². The Morgan fingerprint density at radius 3 is 2.38 bits per heavy atom. The minimum absolute atomic E-state index is 0.219. The number of esters is 1. The van der Waals surface area contributed by atoms with Gasteiger partial charge in [0.1, 0.15) is 0 Å². The predicted octanol–water partition coefficient (Wildman–Crippen LogP) is 3.00. The number of ether oxygens (including phenoxy) is 1. The van der Waals surface area contributed by atoms with Gasteiger partial charge in [-0.2, -0.15) is 0 Å². The number of rotatable bonds is 6. The maximum atomic E-state index is 12.3. The summed E-state index contributed by atoms with van der Waals surface area (Å²) in [5.74, 6) is -0.694. The summed E-state index contributed by atoms with van der Waals surface area (Å²) in [4.78, 5) is 24.8. The van der Waals surface area contributed by atoms with Gasteiger partial charge in [0.25, 0.3) is 5.91 Å². The molecule has 0 radical (unpaired) electrons. The Kier molecular flexibility index (Phi) is 6.26. The Balaban J connectivity index is 2.06. The first-order valence-corrected chi connectivity index (χ1v) is 8.89. The lowest BCUT2D eigenvalue weighted by Gasteiger charge is -2.14. The van der Waals surface area contributed by atoms with Crippen molar-refractivity contribution in [3.05, 3.63) is 60.2 Å². The van der Waals surface area contributed by atoms with Crippen LogP contribution >= 0.6 is 0 Å². The van der Waals surface area contributed by atoms with E-state index < -0.39 is 28.8 Å². The van der Waals surface area contributed by atoms with E-state index in [0.29, 0.717) is 16.3 Å². The fraction of sp³-hybridized carbons (Fsp3) is 0.222. The summed E-state index contributed by atoms with van der Waals surface area (Å²) in [5.41, 5.74) is 0.843. The number of anilines is 1. The number of hydrogen-bond acceptors (Lipinski definition) is 4. The van der Waals surface area contributed by atoms with Gasteiger partial charge in [0.05, 0.1) is 21.3 Å². The van der Waals surface area contributed by atoms with Crippen LogP contribution in [0.5, 0.6) is 0 Å². The van der Waals surface area contributed by atoms with Crippen molar-refractivity contribution in [1.82, 2.24) is 0 Å². The molecule has 0 spiro atoms. The molecule has 1 N–H and O–H groups in total. The fourth-order valence-electron chi connectivity index (χ4n) is 2.03. The minimum atomic E-state index is -1.28. The highest BCUT2D eigenvalue weighted by Gasteiger charge is 2.22. The van der Waals surface area contributed by atoms with Crippen LogP contribution in [0.2, 0.25) is 0 Å². The van der Waals surface area contributed by atoms with E-state index in [4.69, 9.17) is 4.74 Å². The molecule has 2 aromatic carbocycles. The van der Waals surface area contributed by atoms with Crippen LogP contribution in [-0.2, 0) is 20.3 Å². The Morgan fingerprint density at radius 2 is 1.71 bits per heavy atom. The molecule has 2 atom stereocenters. The van der Waals surface area contributed by atoms with E-state index >= 15 is 0 Å². The molecule has 2 aromatic rings. The number of para-hydroxylation sites is 1. The SMILES string of the molecule is CC[S@@](=O)c1ccccc1C(=O)O[C@H](C)C(=O)Nc1ccccc1. The molecule has 2 rings (SSSR count). The maximum absolute atomic E-state index is 12.3. The predicted molar refractivity (Wildman–Crippen MR) is 93.3 cm³/mol. The van der Waals surface area contributed by atoms with Gasteiger partial charge in [-0.05, 0) is 31.2 Å². The molecule has 6 heteroatoms. The van der Waals surface area contributed by atoms with Gasteiger partial charge in [0.15, 0.2) is 6.10 Å². The summed E-state index contributed by atoms with van der Waals surface area (Å²) in [5, 5.41) is 2.67. The molecule has 0 aliphatic heterocycles. The summed E-state index contributed by atoms with van der Waals surface area (Å²) < 4.78 is 17.2. The second-order valence-electron chi connectivity index (χ2n) is 5.03. The standard InChI is InChI=1S/C18H19NO4S/c1-3-24(22)16-12-8-7-11-15(16)18(21)23-13(2)17(20)19-14-9-5-4-6-10-14/h4-13H,3H2,1-2H3,(H,19,20)/t13-,24-/m1/s1. The molecule has 0 saturated heterocycles. The summed E-state index contributed by atoms with van der Waals surface area (Å²) >= 11 is 0. The summed E-state index contributed by atoms with van der Waals surface area (Å²) in [6.07, 6.45) is -0.971. The molecular weight excluding hydrogens is 326 g/mol. The third kappa shape index (κ3) is 4.52. The second kappa shape index (κ2) is 8.40. The Bertz CT molecular complexity index is 746. The molecule has 5 nitrogen and oxygen atoms in total. The van der Waals surface area contributed by atoms with Gasteiger partial charge in [-0.15, -0.1) is 0 Å². The minimum Gasteiger partial charge on any atom is -0.449 e. The summed E-state index contributed by atoms with van der Waals surface area (Å²) in [6, 6.07) is 15.5. The number of benzene rings is 2. The topological polar surface area (TPSA) is 72.5 Å². The molecule has 0 aliphatic rings. The molecule has 126 valence electrons. The maximum Gasteiger partial charge on any atom is 0.340 e. The van der Waals surface area contributed by atoms with Crippen LogP contribution in [0.3, 0.4) is 0 Å². The largest absolute Gasteiger partial charge is 0.449 e. The molecule has 0 fully saturated rings. The van der Waals surface area contributed by atoms with E-state index in [1.807, 2.05) is 6.07 Å². The first-order chi connectivity index (χ1) is 11.5. The molecule has 0 saturated carbocycles. The van der Waals surface area contributed by atoms with Crippen LogP contribution < -0.4 is 5.32 Å². The van der Waals surface area contributed by atoms with Crippen LogP contribution in [0.4, 0.5) is 5.69 Å². The van der Waals surface area contributed by atoms with Gasteiger partial charge in [-0.1, -0.05) is 37.3 Å². The number of nitrogens with one attached hydrogen (secondary N) is 1. The monoisotopic (exact) mass is 345 g/mol. The van der Waals surface area contributed by atoms with Crippen molar-refractivity contribution in [3.8, 4) is 0 Å². The zero-order valence-corrected chi connectivity index (χ0v) is 14.3.